The number of carboxylic acids is 1. The smallest absolute Gasteiger partial charge is 0.349 e. The van der Waals surface area contributed by atoms with Crippen LogP contribution in [0.15, 0.2) is 42.5 Å². The molecule has 0 radical (unpaired) electrons. The van der Waals surface area contributed by atoms with E-state index in [-0.39, 0.29) is 17.2 Å². The van der Waals surface area contributed by atoms with Crippen LogP contribution in [-0.2, 0) is 4.79 Å². The van der Waals surface area contributed by atoms with Crippen molar-refractivity contribution >= 4 is 11.7 Å². The first kappa shape index (κ1) is 17.1. The van der Waals surface area contributed by atoms with Crippen LogP contribution in [0, 0.1) is 10.1 Å². The molecule has 24 heavy (non-hydrogen) atoms. The molecule has 2 aromatic carbocycles. The van der Waals surface area contributed by atoms with Gasteiger partial charge in [-0.1, -0.05) is 12.1 Å². The third kappa shape index (κ3) is 3.72. The maximum absolute atomic E-state index is 11.5. The Labute approximate surface area is 137 Å². The Morgan fingerprint density at radius 1 is 1.08 bits per heavy atom. The van der Waals surface area contributed by atoms with E-state index in [9.17, 15) is 20.0 Å². The summed E-state index contributed by atoms with van der Waals surface area (Å²) in [4.78, 5) is 21.7. The number of nitro groups is 1. The number of aliphatic carboxylic acids is 1. The zero-order chi connectivity index (χ0) is 17.7. The average Bonchev–Trinajstić information content (AvgIpc) is 2.59. The lowest BCUT2D eigenvalue weighted by molar-refractivity contribution is -0.385. The van der Waals surface area contributed by atoms with Gasteiger partial charge in [0.25, 0.3) is 5.69 Å². The van der Waals surface area contributed by atoms with Gasteiger partial charge < -0.3 is 19.3 Å². The zero-order valence-electron chi connectivity index (χ0n) is 13.0. The van der Waals surface area contributed by atoms with Crippen molar-refractivity contribution in [2.45, 2.75) is 6.10 Å². The Morgan fingerprint density at radius 3 is 2.25 bits per heavy atom. The summed E-state index contributed by atoms with van der Waals surface area (Å²) in [6.07, 6.45) is -1.30. The standard InChI is InChI=1S/C16H15NO7/c1-22-12-6-3-10(4-7-12)15(16(18)19)24-13-8-5-11(17(20)21)9-14(13)23-2/h3-9,15H,1-2H3,(H,18,19). The van der Waals surface area contributed by atoms with E-state index in [0.29, 0.717) is 11.3 Å². The van der Waals surface area contributed by atoms with Gasteiger partial charge in [0.1, 0.15) is 5.75 Å². The number of carboxylic acid groups (broad SMARTS) is 1. The molecule has 8 heteroatoms. The van der Waals surface area contributed by atoms with E-state index >= 15 is 0 Å². The molecule has 0 bridgehead atoms. The Morgan fingerprint density at radius 2 is 1.75 bits per heavy atom. The molecule has 0 amide bonds. The molecule has 0 aliphatic rings. The number of carbonyl (C=O) groups is 1. The normalized spacial score (nSPS) is 11.4. The lowest BCUT2D eigenvalue weighted by Crippen LogP contribution is -2.18. The summed E-state index contributed by atoms with van der Waals surface area (Å²) in [6.45, 7) is 0. The number of hydrogen-bond donors (Lipinski definition) is 1. The first-order valence-electron chi connectivity index (χ1n) is 6.82. The van der Waals surface area contributed by atoms with E-state index in [2.05, 4.69) is 0 Å². The summed E-state index contributed by atoms with van der Waals surface area (Å²) in [5, 5.41) is 20.2. The molecule has 126 valence electrons. The maximum Gasteiger partial charge on any atom is 0.349 e. The average molecular weight is 333 g/mol. The quantitative estimate of drug-likeness (QED) is 0.613. The predicted molar refractivity (Wildman–Crippen MR) is 83.6 cm³/mol. The number of ether oxygens (including phenoxy) is 3. The Kier molecular flexibility index (Phi) is 5.20. The van der Waals surface area contributed by atoms with E-state index in [0.717, 1.165) is 0 Å². The number of nitro benzene ring substituents is 1. The molecule has 0 aliphatic heterocycles. The van der Waals surface area contributed by atoms with Crippen LogP contribution in [0.2, 0.25) is 0 Å². The van der Waals surface area contributed by atoms with Gasteiger partial charge in [0.2, 0.25) is 6.10 Å². The molecule has 1 unspecified atom stereocenters. The number of nitrogens with zero attached hydrogens (tertiary/aromatic N) is 1. The SMILES string of the molecule is COc1ccc(C(Oc2ccc([N+](=O)[O-])cc2OC)C(=O)O)cc1. The molecule has 0 heterocycles. The third-order valence-electron chi connectivity index (χ3n) is 3.25. The van der Waals surface area contributed by atoms with Crippen molar-refractivity contribution in [3.8, 4) is 17.2 Å². The van der Waals surface area contributed by atoms with Crippen LogP contribution in [0.1, 0.15) is 11.7 Å². The Hall–Kier alpha value is -3.29. The first-order valence-corrected chi connectivity index (χ1v) is 6.82. The number of rotatable bonds is 7. The van der Waals surface area contributed by atoms with Crippen LogP contribution >= 0.6 is 0 Å². The molecule has 0 aliphatic carbocycles. The van der Waals surface area contributed by atoms with Gasteiger partial charge in [-0.2, -0.15) is 0 Å². The van der Waals surface area contributed by atoms with Crippen molar-refractivity contribution in [3.05, 3.63) is 58.1 Å². The third-order valence-corrected chi connectivity index (χ3v) is 3.25. The molecule has 0 fully saturated rings. The number of non-ortho nitro benzene ring substituents is 1. The zero-order valence-corrected chi connectivity index (χ0v) is 13.0. The molecule has 0 spiro atoms. The van der Waals surface area contributed by atoms with Crippen LogP contribution in [0.25, 0.3) is 0 Å². The van der Waals surface area contributed by atoms with E-state index < -0.39 is 17.0 Å². The minimum Gasteiger partial charge on any atom is -0.497 e. The van der Waals surface area contributed by atoms with Gasteiger partial charge in [0.15, 0.2) is 11.5 Å². The molecule has 0 saturated heterocycles. The minimum atomic E-state index is -1.30. The second-order valence-corrected chi connectivity index (χ2v) is 4.70. The highest BCUT2D eigenvalue weighted by Gasteiger charge is 2.24. The Balaban J connectivity index is 2.33. The van der Waals surface area contributed by atoms with Crippen molar-refractivity contribution < 1.29 is 29.0 Å². The van der Waals surface area contributed by atoms with Gasteiger partial charge in [0.05, 0.1) is 25.2 Å². The van der Waals surface area contributed by atoms with Crippen LogP contribution < -0.4 is 14.2 Å². The second kappa shape index (κ2) is 7.32. The van der Waals surface area contributed by atoms with Gasteiger partial charge in [-0.05, 0) is 18.2 Å². The molecule has 2 rings (SSSR count). The van der Waals surface area contributed by atoms with Crippen LogP contribution in [0.3, 0.4) is 0 Å². The molecule has 1 atom stereocenters. The molecular formula is C16H15NO7. The number of methoxy groups -OCH3 is 2. The fraction of sp³-hybridized carbons (Fsp3) is 0.188. The Bertz CT molecular complexity index is 743. The monoisotopic (exact) mass is 333 g/mol. The summed E-state index contributed by atoms with van der Waals surface area (Å²) in [5.74, 6) is -0.466. The fourth-order valence-electron chi connectivity index (χ4n) is 2.03. The van der Waals surface area contributed by atoms with E-state index in [4.69, 9.17) is 14.2 Å². The minimum absolute atomic E-state index is 0.0731. The summed E-state index contributed by atoms with van der Waals surface area (Å²) >= 11 is 0. The largest absolute Gasteiger partial charge is 0.497 e. The molecule has 2 aromatic rings. The van der Waals surface area contributed by atoms with Crippen molar-refractivity contribution in [2.75, 3.05) is 14.2 Å². The van der Waals surface area contributed by atoms with Crippen molar-refractivity contribution in [2.24, 2.45) is 0 Å². The molecule has 1 N–H and O–H groups in total. The second-order valence-electron chi connectivity index (χ2n) is 4.70. The topological polar surface area (TPSA) is 108 Å². The van der Waals surface area contributed by atoms with E-state index in [1.165, 1.54) is 32.4 Å². The summed E-state index contributed by atoms with van der Waals surface area (Å²) in [6, 6.07) is 10.0. The summed E-state index contributed by atoms with van der Waals surface area (Å²) in [7, 11) is 2.82. The summed E-state index contributed by atoms with van der Waals surface area (Å²) in [5.41, 5.74) is 0.208. The molecule has 8 nitrogen and oxygen atoms in total. The predicted octanol–water partition coefficient (Wildman–Crippen LogP) is 2.82. The van der Waals surface area contributed by atoms with Crippen LogP contribution in [-0.4, -0.2) is 30.2 Å². The van der Waals surface area contributed by atoms with E-state index in [1.807, 2.05) is 0 Å². The molecule has 0 saturated carbocycles. The van der Waals surface area contributed by atoms with Gasteiger partial charge in [0, 0.05) is 11.6 Å². The summed E-state index contributed by atoms with van der Waals surface area (Å²) < 4.78 is 15.6. The lowest BCUT2D eigenvalue weighted by Gasteiger charge is -2.17. The van der Waals surface area contributed by atoms with Crippen molar-refractivity contribution in [1.82, 2.24) is 0 Å². The number of benzene rings is 2. The van der Waals surface area contributed by atoms with Crippen molar-refractivity contribution in [1.29, 1.82) is 0 Å². The van der Waals surface area contributed by atoms with Crippen LogP contribution in [0.5, 0.6) is 17.2 Å². The van der Waals surface area contributed by atoms with Gasteiger partial charge >= 0.3 is 5.97 Å². The van der Waals surface area contributed by atoms with Crippen LogP contribution in [0.4, 0.5) is 5.69 Å². The van der Waals surface area contributed by atoms with Gasteiger partial charge in [-0.25, -0.2) is 4.79 Å². The highest BCUT2D eigenvalue weighted by Crippen LogP contribution is 2.34. The first-order chi connectivity index (χ1) is 11.5. The van der Waals surface area contributed by atoms with Gasteiger partial charge in [-0.3, -0.25) is 10.1 Å². The highest BCUT2D eigenvalue weighted by atomic mass is 16.6. The molecule has 0 aromatic heterocycles. The van der Waals surface area contributed by atoms with E-state index in [1.54, 1.807) is 24.3 Å². The maximum atomic E-state index is 11.5. The van der Waals surface area contributed by atoms with Crippen molar-refractivity contribution in [3.63, 3.8) is 0 Å². The van der Waals surface area contributed by atoms with Gasteiger partial charge in [-0.15, -0.1) is 0 Å². The number of hydrogen-bond acceptors (Lipinski definition) is 6. The lowest BCUT2D eigenvalue weighted by atomic mass is 10.1. The molecular weight excluding hydrogens is 318 g/mol. The fourth-order valence-corrected chi connectivity index (χ4v) is 2.03. The highest BCUT2D eigenvalue weighted by molar-refractivity contribution is 5.75.